The van der Waals surface area contributed by atoms with Crippen LogP contribution in [0.2, 0.25) is 0 Å². The molecule has 1 aliphatic rings. The lowest BCUT2D eigenvalue weighted by Gasteiger charge is -2.14. The number of nitrogens with one attached hydrogen (secondary N) is 1. The second kappa shape index (κ2) is 4.94. The Bertz CT molecular complexity index is 633. The van der Waals surface area contributed by atoms with Crippen LogP contribution in [0.4, 0.5) is 0 Å². The van der Waals surface area contributed by atoms with Gasteiger partial charge in [0.25, 0.3) is 0 Å². The molecule has 0 radical (unpaired) electrons. The van der Waals surface area contributed by atoms with E-state index in [0.29, 0.717) is 24.1 Å². The highest BCUT2D eigenvalue weighted by atomic mass is 16.4. The molecule has 0 saturated carbocycles. The molecule has 0 bridgehead atoms. The standard InChI is InChI=1S/C16H20N2O2/c1-9-4-5-13(19)16-12(6-10(2)15(9)16)17-8-14-18-7-11(3)20-14/h4-5,7,10,12,17,19H,6,8H2,1-3H3. The van der Waals surface area contributed by atoms with Crippen LogP contribution in [0, 0.1) is 13.8 Å². The maximum atomic E-state index is 10.2. The molecular weight excluding hydrogens is 252 g/mol. The molecule has 0 fully saturated rings. The Balaban J connectivity index is 1.82. The van der Waals surface area contributed by atoms with Crippen LogP contribution in [0.3, 0.4) is 0 Å². The maximum absolute atomic E-state index is 10.2. The molecule has 106 valence electrons. The number of hydrogen-bond donors (Lipinski definition) is 2. The molecule has 0 saturated heterocycles. The number of aryl methyl sites for hydroxylation is 2. The zero-order valence-corrected chi connectivity index (χ0v) is 12.1. The molecular formula is C16H20N2O2. The number of phenols is 1. The fraction of sp³-hybridized carbons (Fsp3) is 0.438. The summed E-state index contributed by atoms with van der Waals surface area (Å²) in [4.78, 5) is 4.20. The van der Waals surface area contributed by atoms with Crippen LogP contribution in [-0.4, -0.2) is 10.1 Å². The monoisotopic (exact) mass is 272 g/mol. The summed E-state index contributed by atoms with van der Waals surface area (Å²) in [6, 6.07) is 3.94. The van der Waals surface area contributed by atoms with E-state index in [1.54, 1.807) is 12.3 Å². The predicted octanol–water partition coefficient (Wildman–Crippen LogP) is 3.34. The summed E-state index contributed by atoms with van der Waals surface area (Å²) < 4.78 is 5.48. The molecule has 1 heterocycles. The normalized spacial score (nSPS) is 21.1. The van der Waals surface area contributed by atoms with Gasteiger partial charge in [0, 0.05) is 11.6 Å². The summed E-state index contributed by atoms with van der Waals surface area (Å²) in [7, 11) is 0. The Kier molecular flexibility index (Phi) is 3.26. The van der Waals surface area contributed by atoms with E-state index in [0.717, 1.165) is 17.7 Å². The number of benzene rings is 1. The van der Waals surface area contributed by atoms with Crippen LogP contribution in [0.5, 0.6) is 5.75 Å². The SMILES string of the molecule is Cc1cnc(CNC2CC(C)c3c(C)ccc(O)c32)o1. The van der Waals surface area contributed by atoms with E-state index in [4.69, 9.17) is 4.42 Å². The zero-order chi connectivity index (χ0) is 14.3. The fourth-order valence-corrected chi connectivity index (χ4v) is 3.22. The van der Waals surface area contributed by atoms with Crippen LogP contribution < -0.4 is 5.32 Å². The third-order valence-corrected chi connectivity index (χ3v) is 4.08. The van der Waals surface area contributed by atoms with Gasteiger partial charge in [-0.15, -0.1) is 0 Å². The van der Waals surface area contributed by atoms with Crippen molar-refractivity contribution in [1.29, 1.82) is 0 Å². The number of nitrogens with zero attached hydrogens (tertiary/aromatic N) is 1. The number of phenolic OH excluding ortho intramolecular Hbond substituents is 1. The molecule has 0 aliphatic heterocycles. The van der Waals surface area contributed by atoms with E-state index < -0.39 is 0 Å². The van der Waals surface area contributed by atoms with Crippen LogP contribution in [0.25, 0.3) is 0 Å². The molecule has 2 atom stereocenters. The van der Waals surface area contributed by atoms with Crippen molar-refractivity contribution < 1.29 is 9.52 Å². The summed E-state index contributed by atoms with van der Waals surface area (Å²) in [5.41, 5.74) is 3.58. The summed E-state index contributed by atoms with van der Waals surface area (Å²) >= 11 is 0. The molecule has 4 nitrogen and oxygen atoms in total. The van der Waals surface area contributed by atoms with Crippen LogP contribution in [0.1, 0.15) is 53.6 Å². The van der Waals surface area contributed by atoms with E-state index in [9.17, 15) is 5.11 Å². The average Bonchev–Trinajstić information content (AvgIpc) is 2.96. The minimum Gasteiger partial charge on any atom is -0.508 e. The summed E-state index contributed by atoms with van der Waals surface area (Å²) in [6.45, 7) is 6.79. The largest absolute Gasteiger partial charge is 0.508 e. The molecule has 1 aliphatic carbocycles. The quantitative estimate of drug-likeness (QED) is 0.899. The van der Waals surface area contributed by atoms with Crippen molar-refractivity contribution in [3.63, 3.8) is 0 Å². The molecule has 4 heteroatoms. The Labute approximate surface area is 118 Å². The Morgan fingerprint density at radius 1 is 1.35 bits per heavy atom. The minimum absolute atomic E-state index is 0.159. The van der Waals surface area contributed by atoms with Crippen molar-refractivity contribution in [2.24, 2.45) is 0 Å². The van der Waals surface area contributed by atoms with Crippen molar-refractivity contribution in [1.82, 2.24) is 10.3 Å². The van der Waals surface area contributed by atoms with Crippen LogP contribution >= 0.6 is 0 Å². The number of oxazole rings is 1. The average molecular weight is 272 g/mol. The fourth-order valence-electron chi connectivity index (χ4n) is 3.22. The minimum atomic E-state index is 0.159. The van der Waals surface area contributed by atoms with Crippen LogP contribution in [-0.2, 0) is 6.54 Å². The number of fused-ring (bicyclic) bond motifs is 1. The van der Waals surface area contributed by atoms with E-state index in [-0.39, 0.29) is 6.04 Å². The lowest BCUT2D eigenvalue weighted by Crippen LogP contribution is -2.19. The smallest absolute Gasteiger partial charge is 0.208 e. The van der Waals surface area contributed by atoms with Gasteiger partial charge >= 0.3 is 0 Å². The lowest BCUT2D eigenvalue weighted by atomic mass is 9.97. The van der Waals surface area contributed by atoms with Gasteiger partial charge in [0.15, 0.2) is 0 Å². The first-order valence-electron chi connectivity index (χ1n) is 7.03. The number of rotatable bonds is 3. The summed E-state index contributed by atoms with van der Waals surface area (Å²) in [5, 5.41) is 13.6. The molecule has 2 unspecified atom stereocenters. The Morgan fingerprint density at radius 3 is 2.85 bits per heavy atom. The van der Waals surface area contributed by atoms with Gasteiger partial charge in [-0.1, -0.05) is 13.0 Å². The van der Waals surface area contributed by atoms with Gasteiger partial charge in [-0.25, -0.2) is 4.98 Å². The van der Waals surface area contributed by atoms with Crippen molar-refractivity contribution >= 4 is 0 Å². The lowest BCUT2D eigenvalue weighted by molar-refractivity contribution is 0.407. The first-order chi connectivity index (χ1) is 9.56. The number of aromatic hydroxyl groups is 1. The first kappa shape index (κ1) is 13.2. The zero-order valence-electron chi connectivity index (χ0n) is 12.1. The molecule has 2 aromatic rings. The number of hydrogen-bond acceptors (Lipinski definition) is 4. The van der Waals surface area contributed by atoms with E-state index in [1.807, 2.05) is 13.0 Å². The third-order valence-electron chi connectivity index (χ3n) is 4.08. The van der Waals surface area contributed by atoms with Crippen molar-refractivity contribution in [2.75, 3.05) is 0 Å². The van der Waals surface area contributed by atoms with Gasteiger partial charge < -0.3 is 14.8 Å². The highest BCUT2D eigenvalue weighted by molar-refractivity contribution is 5.50. The maximum Gasteiger partial charge on any atom is 0.208 e. The highest BCUT2D eigenvalue weighted by Crippen LogP contribution is 2.45. The number of aromatic nitrogens is 1. The van der Waals surface area contributed by atoms with E-state index in [1.165, 1.54) is 11.1 Å². The van der Waals surface area contributed by atoms with E-state index in [2.05, 4.69) is 24.1 Å². The molecule has 2 N–H and O–H groups in total. The second-order valence-corrected chi connectivity index (χ2v) is 5.66. The van der Waals surface area contributed by atoms with Gasteiger partial charge in [0.1, 0.15) is 11.5 Å². The van der Waals surface area contributed by atoms with Gasteiger partial charge in [-0.05, 0) is 43.4 Å². The molecule has 0 amide bonds. The van der Waals surface area contributed by atoms with Crippen molar-refractivity contribution in [2.45, 2.75) is 45.7 Å². The second-order valence-electron chi connectivity index (χ2n) is 5.66. The van der Waals surface area contributed by atoms with E-state index >= 15 is 0 Å². The van der Waals surface area contributed by atoms with Gasteiger partial charge in [-0.2, -0.15) is 0 Å². The molecule has 1 aromatic heterocycles. The van der Waals surface area contributed by atoms with Gasteiger partial charge in [-0.3, -0.25) is 0 Å². The topological polar surface area (TPSA) is 58.3 Å². The summed E-state index contributed by atoms with van der Waals surface area (Å²) in [5.74, 6) is 2.35. The van der Waals surface area contributed by atoms with Crippen LogP contribution in [0.15, 0.2) is 22.7 Å². The molecule has 20 heavy (non-hydrogen) atoms. The van der Waals surface area contributed by atoms with Gasteiger partial charge in [0.05, 0.1) is 12.7 Å². The van der Waals surface area contributed by atoms with Crippen molar-refractivity contribution in [3.8, 4) is 5.75 Å². The Hall–Kier alpha value is -1.81. The molecule has 1 aromatic carbocycles. The predicted molar refractivity (Wildman–Crippen MR) is 76.7 cm³/mol. The van der Waals surface area contributed by atoms with Gasteiger partial charge in [0.2, 0.25) is 5.89 Å². The molecule has 3 rings (SSSR count). The Morgan fingerprint density at radius 2 is 2.15 bits per heavy atom. The summed E-state index contributed by atoms with van der Waals surface area (Å²) in [6.07, 6.45) is 2.72. The van der Waals surface area contributed by atoms with Crippen molar-refractivity contribution in [3.05, 3.63) is 46.7 Å². The highest BCUT2D eigenvalue weighted by Gasteiger charge is 2.31. The molecule has 0 spiro atoms. The third kappa shape index (κ3) is 2.20. The first-order valence-corrected chi connectivity index (χ1v) is 7.03.